The van der Waals surface area contributed by atoms with Crippen molar-refractivity contribution in [3.05, 3.63) is 12.2 Å². The third kappa shape index (κ3) is 2.85. The molecule has 1 fully saturated rings. The quantitative estimate of drug-likeness (QED) is 0.712. The highest BCUT2D eigenvalue weighted by molar-refractivity contribution is 5.84. The summed E-state index contributed by atoms with van der Waals surface area (Å²) >= 11 is 0. The summed E-state index contributed by atoms with van der Waals surface area (Å²) < 4.78 is 5.86. The van der Waals surface area contributed by atoms with Gasteiger partial charge in [-0.2, -0.15) is 0 Å². The van der Waals surface area contributed by atoms with Crippen LogP contribution in [0.3, 0.4) is 0 Å². The second-order valence-corrected chi connectivity index (χ2v) is 4.20. The number of hydrogen-bond acceptors (Lipinski definition) is 5. The van der Waals surface area contributed by atoms with Crippen molar-refractivity contribution in [2.45, 2.75) is 25.8 Å². The van der Waals surface area contributed by atoms with Crippen LogP contribution in [0.1, 0.15) is 29.9 Å². The average molecular weight is 252 g/mol. The van der Waals surface area contributed by atoms with E-state index in [1.807, 2.05) is 4.90 Å². The Morgan fingerprint density at radius 3 is 2.72 bits per heavy atom. The minimum absolute atomic E-state index is 0.0102. The number of ether oxygens (including phenoxy) is 1. The van der Waals surface area contributed by atoms with Gasteiger partial charge in [0, 0.05) is 13.1 Å². The van der Waals surface area contributed by atoms with Gasteiger partial charge in [0.15, 0.2) is 0 Å². The Hall–Kier alpha value is -1.92. The SMILES string of the molecule is COC(=O)c1ncn(CC(=O)N2CCCCC2)n1. The number of esters is 1. The van der Waals surface area contributed by atoms with E-state index >= 15 is 0 Å². The number of aromatic nitrogens is 3. The molecule has 18 heavy (non-hydrogen) atoms. The normalized spacial score (nSPS) is 15.5. The van der Waals surface area contributed by atoms with E-state index in [2.05, 4.69) is 14.8 Å². The number of methoxy groups -OCH3 is 1. The molecular weight excluding hydrogens is 236 g/mol. The highest BCUT2D eigenvalue weighted by atomic mass is 16.5. The average Bonchev–Trinajstić information content (AvgIpc) is 2.87. The number of hydrogen-bond donors (Lipinski definition) is 0. The molecular formula is C11H16N4O3. The van der Waals surface area contributed by atoms with Crippen LogP contribution >= 0.6 is 0 Å². The fourth-order valence-electron chi connectivity index (χ4n) is 1.94. The molecule has 1 saturated heterocycles. The number of likely N-dealkylation sites (tertiary alicyclic amines) is 1. The van der Waals surface area contributed by atoms with Gasteiger partial charge in [-0.15, -0.1) is 5.10 Å². The first kappa shape index (κ1) is 12.5. The number of carbonyl (C=O) groups is 2. The summed E-state index contributed by atoms with van der Waals surface area (Å²) in [5, 5.41) is 3.90. The van der Waals surface area contributed by atoms with Crippen LogP contribution in [0.15, 0.2) is 6.33 Å². The van der Waals surface area contributed by atoms with Crippen LogP contribution in [0.4, 0.5) is 0 Å². The van der Waals surface area contributed by atoms with Crippen molar-refractivity contribution in [2.75, 3.05) is 20.2 Å². The largest absolute Gasteiger partial charge is 0.463 e. The second kappa shape index (κ2) is 5.61. The number of rotatable bonds is 3. The second-order valence-electron chi connectivity index (χ2n) is 4.20. The molecule has 7 nitrogen and oxygen atoms in total. The minimum atomic E-state index is -0.598. The number of piperidine rings is 1. The van der Waals surface area contributed by atoms with Gasteiger partial charge < -0.3 is 9.64 Å². The monoisotopic (exact) mass is 252 g/mol. The van der Waals surface area contributed by atoms with Gasteiger partial charge in [-0.3, -0.25) is 4.79 Å². The lowest BCUT2D eigenvalue weighted by atomic mass is 10.1. The molecule has 0 saturated carbocycles. The Morgan fingerprint density at radius 1 is 1.33 bits per heavy atom. The van der Waals surface area contributed by atoms with Crippen molar-refractivity contribution in [1.29, 1.82) is 0 Å². The molecule has 2 heterocycles. The first-order chi connectivity index (χ1) is 8.70. The predicted octanol–water partition coefficient (Wildman–Crippen LogP) is 0.0772. The first-order valence-corrected chi connectivity index (χ1v) is 5.96. The van der Waals surface area contributed by atoms with Crippen molar-refractivity contribution < 1.29 is 14.3 Å². The third-order valence-corrected chi connectivity index (χ3v) is 2.91. The van der Waals surface area contributed by atoms with Gasteiger partial charge in [0.2, 0.25) is 5.91 Å². The van der Waals surface area contributed by atoms with Crippen LogP contribution in [-0.4, -0.2) is 51.7 Å². The molecule has 0 unspecified atom stereocenters. The van der Waals surface area contributed by atoms with Crippen molar-refractivity contribution in [3.8, 4) is 0 Å². The van der Waals surface area contributed by atoms with Gasteiger partial charge in [0.25, 0.3) is 5.82 Å². The summed E-state index contributed by atoms with van der Waals surface area (Å²) in [7, 11) is 1.27. The molecule has 98 valence electrons. The number of carbonyl (C=O) groups excluding carboxylic acids is 2. The van der Waals surface area contributed by atoms with Crippen molar-refractivity contribution in [3.63, 3.8) is 0 Å². The van der Waals surface area contributed by atoms with E-state index in [0.29, 0.717) is 0 Å². The smallest absolute Gasteiger partial charge is 0.377 e. The van der Waals surface area contributed by atoms with Gasteiger partial charge in [-0.05, 0) is 19.3 Å². The van der Waals surface area contributed by atoms with E-state index in [0.717, 1.165) is 25.9 Å². The lowest BCUT2D eigenvalue weighted by Crippen LogP contribution is -2.37. The van der Waals surface area contributed by atoms with Gasteiger partial charge in [-0.25, -0.2) is 14.5 Å². The zero-order valence-electron chi connectivity index (χ0n) is 10.3. The van der Waals surface area contributed by atoms with E-state index in [4.69, 9.17) is 0 Å². The molecule has 0 N–H and O–H groups in total. The molecule has 0 aromatic carbocycles. The maximum Gasteiger partial charge on any atom is 0.377 e. The Labute approximate surface area is 105 Å². The van der Waals surface area contributed by atoms with E-state index in [-0.39, 0.29) is 18.3 Å². The zero-order valence-corrected chi connectivity index (χ0v) is 10.3. The Morgan fingerprint density at radius 2 is 2.06 bits per heavy atom. The molecule has 1 amide bonds. The van der Waals surface area contributed by atoms with Crippen LogP contribution < -0.4 is 0 Å². The number of nitrogens with zero attached hydrogens (tertiary/aromatic N) is 4. The van der Waals surface area contributed by atoms with Crippen LogP contribution in [0.5, 0.6) is 0 Å². The molecule has 0 radical (unpaired) electrons. The summed E-state index contributed by atoms with van der Waals surface area (Å²) in [6, 6.07) is 0. The Bertz CT molecular complexity index is 437. The maximum atomic E-state index is 11.9. The first-order valence-electron chi connectivity index (χ1n) is 5.96. The lowest BCUT2D eigenvalue weighted by molar-refractivity contribution is -0.132. The van der Waals surface area contributed by atoms with E-state index in [9.17, 15) is 9.59 Å². The lowest BCUT2D eigenvalue weighted by Gasteiger charge is -2.26. The van der Waals surface area contributed by atoms with Gasteiger partial charge in [-0.1, -0.05) is 0 Å². The van der Waals surface area contributed by atoms with Crippen molar-refractivity contribution in [1.82, 2.24) is 19.7 Å². The summed E-state index contributed by atoms with van der Waals surface area (Å²) in [4.78, 5) is 28.7. The molecule has 7 heteroatoms. The standard InChI is InChI=1S/C11H16N4O3/c1-18-11(17)10-12-8-15(13-10)7-9(16)14-5-3-2-4-6-14/h8H,2-7H2,1H3. The number of amides is 1. The fourth-order valence-corrected chi connectivity index (χ4v) is 1.94. The van der Waals surface area contributed by atoms with E-state index in [1.165, 1.54) is 24.5 Å². The third-order valence-electron chi connectivity index (χ3n) is 2.91. The molecule has 1 aliphatic heterocycles. The zero-order chi connectivity index (χ0) is 13.0. The molecule has 0 atom stereocenters. The molecule has 0 bridgehead atoms. The van der Waals surface area contributed by atoms with Crippen LogP contribution in [0.25, 0.3) is 0 Å². The van der Waals surface area contributed by atoms with Crippen molar-refractivity contribution in [2.24, 2.45) is 0 Å². The van der Waals surface area contributed by atoms with E-state index in [1.54, 1.807) is 0 Å². The fraction of sp³-hybridized carbons (Fsp3) is 0.636. The highest BCUT2D eigenvalue weighted by Gasteiger charge is 2.18. The molecule has 1 aromatic heterocycles. The maximum absolute atomic E-state index is 11.9. The van der Waals surface area contributed by atoms with Crippen LogP contribution in [-0.2, 0) is 16.1 Å². The summed E-state index contributed by atoms with van der Waals surface area (Å²) in [6.07, 6.45) is 4.65. The van der Waals surface area contributed by atoms with Crippen LogP contribution in [0, 0.1) is 0 Å². The van der Waals surface area contributed by atoms with Crippen LogP contribution in [0.2, 0.25) is 0 Å². The highest BCUT2D eigenvalue weighted by Crippen LogP contribution is 2.09. The molecule has 1 aliphatic rings. The molecule has 1 aromatic rings. The summed E-state index contributed by atoms with van der Waals surface area (Å²) in [6.45, 7) is 1.72. The summed E-state index contributed by atoms with van der Waals surface area (Å²) in [5.74, 6) is -0.612. The Kier molecular flexibility index (Phi) is 3.91. The predicted molar refractivity (Wildman–Crippen MR) is 61.8 cm³/mol. The molecule has 0 spiro atoms. The Balaban J connectivity index is 1.94. The summed E-state index contributed by atoms with van der Waals surface area (Å²) in [5.41, 5.74) is 0. The van der Waals surface area contributed by atoms with E-state index < -0.39 is 5.97 Å². The topological polar surface area (TPSA) is 77.3 Å². The molecule has 0 aliphatic carbocycles. The van der Waals surface area contributed by atoms with Gasteiger partial charge in [0.1, 0.15) is 12.9 Å². The minimum Gasteiger partial charge on any atom is -0.463 e. The van der Waals surface area contributed by atoms with Gasteiger partial charge in [0.05, 0.1) is 7.11 Å². The van der Waals surface area contributed by atoms with Crippen molar-refractivity contribution >= 4 is 11.9 Å². The van der Waals surface area contributed by atoms with Gasteiger partial charge >= 0.3 is 5.97 Å². The molecule has 2 rings (SSSR count).